The summed E-state index contributed by atoms with van der Waals surface area (Å²) < 4.78 is 0. The molecule has 3 unspecified atom stereocenters. The van der Waals surface area contributed by atoms with Crippen LogP contribution in [0.25, 0.3) is 0 Å². The zero-order valence-electron chi connectivity index (χ0n) is 12.0. The molecule has 0 heterocycles. The monoisotopic (exact) mass is 287 g/mol. The van der Waals surface area contributed by atoms with E-state index in [1.807, 2.05) is 18.2 Å². The largest absolute Gasteiger partial charge is 0.409 e. The van der Waals surface area contributed by atoms with Crippen LogP contribution in [0.3, 0.4) is 0 Å². The van der Waals surface area contributed by atoms with Gasteiger partial charge in [0.15, 0.2) is 5.84 Å². The highest BCUT2D eigenvalue weighted by molar-refractivity contribution is 5.97. The minimum Gasteiger partial charge on any atom is -0.409 e. The topological polar surface area (TPSA) is 87.7 Å². The van der Waals surface area contributed by atoms with Crippen molar-refractivity contribution in [2.24, 2.45) is 28.6 Å². The number of hydrogen-bond acceptors (Lipinski definition) is 3. The minimum atomic E-state index is 0.0799. The molecule has 3 rings (SSSR count). The lowest BCUT2D eigenvalue weighted by Gasteiger charge is -2.20. The normalized spacial score (nSPS) is 27.8. The molecule has 1 aromatic carbocycles. The molecule has 0 spiro atoms. The molecule has 5 heteroatoms. The summed E-state index contributed by atoms with van der Waals surface area (Å²) in [6.07, 6.45) is 4.80. The SMILES string of the molecule is NC(=NO)c1cccc(CNC(=O)C2CC3CCC2C3)c1. The Morgan fingerprint density at radius 3 is 2.90 bits per heavy atom. The molecule has 2 bridgehead atoms. The molecule has 2 aliphatic carbocycles. The number of benzene rings is 1. The average molecular weight is 287 g/mol. The fourth-order valence-corrected chi connectivity index (χ4v) is 3.78. The van der Waals surface area contributed by atoms with Crippen LogP contribution in [0.2, 0.25) is 0 Å². The Hall–Kier alpha value is -2.04. The Labute approximate surface area is 124 Å². The summed E-state index contributed by atoms with van der Waals surface area (Å²) in [6.45, 7) is 0.485. The highest BCUT2D eigenvalue weighted by atomic mass is 16.4. The van der Waals surface area contributed by atoms with Crippen LogP contribution in [0.4, 0.5) is 0 Å². The maximum atomic E-state index is 12.3. The number of carbonyl (C=O) groups is 1. The highest BCUT2D eigenvalue weighted by Crippen LogP contribution is 2.48. The summed E-state index contributed by atoms with van der Waals surface area (Å²) in [4.78, 5) is 12.3. The Morgan fingerprint density at radius 2 is 2.24 bits per heavy atom. The van der Waals surface area contributed by atoms with Gasteiger partial charge in [-0.3, -0.25) is 4.79 Å². The van der Waals surface area contributed by atoms with Crippen molar-refractivity contribution in [1.82, 2.24) is 5.32 Å². The van der Waals surface area contributed by atoms with Crippen LogP contribution in [-0.2, 0) is 11.3 Å². The number of nitrogens with one attached hydrogen (secondary N) is 1. The van der Waals surface area contributed by atoms with E-state index in [0.29, 0.717) is 18.0 Å². The van der Waals surface area contributed by atoms with Crippen molar-refractivity contribution in [2.75, 3.05) is 0 Å². The third-order valence-corrected chi connectivity index (χ3v) is 4.87. The predicted octanol–water partition coefficient (Wildman–Crippen LogP) is 1.83. The van der Waals surface area contributed by atoms with Gasteiger partial charge in [0.1, 0.15) is 0 Å². The van der Waals surface area contributed by atoms with Gasteiger partial charge in [-0.25, -0.2) is 0 Å². The first-order chi connectivity index (χ1) is 10.2. The minimum absolute atomic E-state index is 0.0799. The van der Waals surface area contributed by atoms with Crippen molar-refractivity contribution in [3.8, 4) is 0 Å². The number of hydrogen-bond donors (Lipinski definition) is 3. The van der Waals surface area contributed by atoms with E-state index in [1.165, 1.54) is 19.3 Å². The van der Waals surface area contributed by atoms with Crippen molar-refractivity contribution in [1.29, 1.82) is 0 Å². The lowest BCUT2D eigenvalue weighted by molar-refractivity contribution is -0.126. The maximum Gasteiger partial charge on any atom is 0.223 e. The zero-order chi connectivity index (χ0) is 14.8. The van der Waals surface area contributed by atoms with E-state index < -0.39 is 0 Å². The van der Waals surface area contributed by atoms with E-state index in [4.69, 9.17) is 10.9 Å². The van der Waals surface area contributed by atoms with Gasteiger partial charge in [-0.15, -0.1) is 0 Å². The first-order valence-electron chi connectivity index (χ1n) is 7.52. The van der Waals surface area contributed by atoms with Crippen LogP contribution in [0, 0.1) is 17.8 Å². The molecule has 0 aliphatic heterocycles. The molecular formula is C16H21N3O2. The lowest BCUT2D eigenvalue weighted by Crippen LogP contribution is -2.33. The van der Waals surface area contributed by atoms with Crippen molar-refractivity contribution < 1.29 is 10.0 Å². The van der Waals surface area contributed by atoms with Crippen LogP contribution < -0.4 is 11.1 Å². The fraction of sp³-hybridized carbons (Fsp3) is 0.500. The van der Waals surface area contributed by atoms with Crippen molar-refractivity contribution in [2.45, 2.75) is 32.2 Å². The number of amides is 1. The van der Waals surface area contributed by atoms with Crippen molar-refractivity contribution >= 4 is 11.7 Å². The third-order valence-electron chi connectivity index (χ3n) is 4.87. The van der Waals surface area contributed by atoms with Gasteiger partial charge in [0, 0.05) is 18.0 Å². The second kappa shape index (κ2) is 5.76. The molecule has 2 aliphatic rings. The standard InChI is InChI=1S/C16H21N3O2/c17-15(19-21)13-3-1-2-11(7-13)9-18-16(20)14-8-10-4-5-12(14)6-10/h1-3,7,10,12,14,21H,4-6,8-9H2,(H2,17,19)(H,18,20). The summed E-state index contributed by atoms with van der Waals surface area (Å²) in [5.74, 6) is 1.83. The molecule has 112 valence electrons. The Bertz CT molecular complexity index is 570. The van der Waals surface area contributed by atoms with E-state index in [2.05, 4.69) is 10.5 Å². The van der Waals surface area contributed by atoms with Crippen LogP contribution in [0.15, 0.2) is 29.4 Å². The number of nitrogens with two attached hydrogens (primary N) is 1. The molecular weight excluding hydrogens is 266 g/mol. The molecule has 0 radical (unpaired) electrons. The molecule has 2 fully saturated rings. The van der Waals surface area contributed by atoms with E-state index in [0.717, 1.165) is 17.9 Å². The van der Waals surface area contributed by atoms with Gasteiger partial charge in [-0.2, -0.15) is 0 Å². The van der Waals surface area contributed by atoms with Gasteiger partial charge in [0.25, 0.3) is 0 Å². The van der Waals surface area contributed by atoms with Crippen molar-refractivity contribution in [3.63, 3.8) is 0 Å². The Morgan fingerprint density at radius 1 is 1.38 bits per heavy atom. The number of rotatable bonds is 4. The molecule has 1 amide bonds. The average Bonchev–Trinajstić information content (AvgIpc) is 3.15. The summed E-state index contributed by atoms with van der Waals surface area (Å²) >= 11 is 0. The number of fused-ring (bicyclic) bond motifs is 2. The van der Waals surface area contributed by atoms with E-state index >= 15 is 0 Å². The second-order valence-corrected chi connectivity index (χ2v) is 6.18. The third kappa shape index (κ3) is 2.86. The Balaban J connectivity index is 1.59. The fourth-order valence-electron chi connectivity index (χ4n) is 3.78. The van der Waals surface area contributed by atoms with Gasteiger partial charge < -0.3 is 16.3 Å². The van der Waals surface area contributed by atoms with Crippen LogP contribution in [0.1, 0.15) is 36.8 Å². The molecule has 1 aromatic rings. The van der Waals surface area contributed by atoms with E-state index in [1.54, 1.807) is 6.07 Å². The molecule has 4 N–H and O–H groups in total. The van der Waals surface area contributed by atoms with E-state index in [9.17, 15) is 4.79 Å². The smallest absolute Gasteiger partial charge is 0.223 e. The maximum absolute atomic E-state index is 12.3. The van der Waals surface area contributed by atoms with Gasteiger partial charge in [0.2, 0.25) is 5.91 Å². The quantitative estimate of drug-likeness (QED) is 0.342. The number of amidine groups is 1. The summed E-state index contributed by atoms with van der Waals surface area (Å²) in [5.41, 5.74) is 7.18. The summed E-state index contributed by atoms with van der Waals surface area (Å²) in [7, 11) is 0. The van der Waals surface area contributed by atoms with Gasteiger partial charge in [-0.1, -0.05) is 29.8 Å². The second-order valence-electron chi connectivity index (χ2n) is 6.18. The molecule has 3 atom stereocenters. The van der Waals surface area contributed by atoms with Crippen molar-refractivity contribution in [3.05, 3.63) is 35.4 Å². The Kier molecular flexibility index (Phi) is 3.82. The predicted molar refractivity (Wildman–Crippen MR) is 79.7 cm³/mol. The lowest BCUT2D eigenvalue weighted by atomic mass is 9.88. The van der Waals surface area contributed by atoms with Gasteiger partial charge in [0.05, 0.1) is 0 Å². The van der Waals surface area contributed by atoms with Gasteiger partial charge >= 0.3 is 0 Å². The summed E-state index contributed by atoms with van der Waals surface area (Å²) in [5, 5.41) is 14.7. The summed E-state index contributed by atoms with van der Waals surface area (Å²) in [6, 6.07) is 7.37. The molecule has 0 aromatic heterocycles. The zero-order valence-corrected chi connectivity index (χ0v) is 12.0. The van der Waals surface area contributed by atoms with E-state index in [-0.39, 0.29) is 17.7 Å². The highest BCUT2D eigenvalue weighted by Gasteiger charge is 2.42. The van der Waals surface area contributed by atoms with Crippen LogP contribution in [0.5, 0.6) is 0 Å². The first-order valence-corrected chi connectivity index (χ1v) is 7.52. The molecule has 2 saturated carbocycles. The van der Waals surface area contributed by atoms with Crippen LogP contribution >= 0.6 is 0 Å². The number of carbonyl (C=O) groups excluding carboxylic acids is 1. The van der Waals surface area contributed by atoms with Crippen LogP contribution in [-0.4, -0.2) is 17.0 Å². The molecule has 5 nitrogen and oxygen atoms in total. The molecule has 21 heavy (non-hydrogen) atoms. The first kappa shape index (κ1) is 13.9. The molecule has 0 saturated heterocycles. The number of oxime groups is 1. The number of nitrogens with zero attached hydrogens (tertiary/aromatic N) is 1. The van der Waals surface area contributed by atoms with Gasteiger partial charge in [-0.05, 0) is 42.7 Å².